The number of thiocarbonyl (C=S) groups is 1. The molecule has 0 fully saturated rings. The maximum absolute atomic E-state index is 12.3. The first kappa shape index (κ1) is 32.3. The number of carboxylic acid groups (broad SMARTS) is 1. The van der Waals surface area contributed by atoms with Crippen LogP contribution in [-0.2, 0) is 28.5 Å². The first-order valence-electron chi connectivity index (χ1n) is 10.8. The molecule has 33 heavy (non-hydrogen) atoms. The second-order valence-electron chi connectivity index (χ2n) is 6.85. The van der Waals surface area contributed by atoms with Gasteiger partial charge in [0.2, 0.25) is 5.91 Å². The molecule has 0 saturated carbocycles. The molecule has 0 aliphatic carbocycles. The van der Waals surface area contributed by atoms with Crippen molar-refractivity contribution in [2.45, 2.75) is 25.5 Å². The lowest BCUT2D eigenvalue weighted by molar-refractivity contribution is -0.122. The van der Waals surface area contributed by atoms with E-state index in [4.69, 9.17) is 41.0 Å². The van der Waals surface area contributed by atoms with Crippen LogP contribution >= 0.6 is 35.7 Å². The number of hydrogen-bond acceptors (Lipinski definition) is 10. The third-order valence-corrected chi connectivity index (χ3v) is 6.28. The minimum atomic E-state index is -1.06. The number of carbonyl (C=O) groups is 2. The highest BCUT2D eigenvalue weighted by molar-refractivity contribution is 8.47. The van der Waals surface area contributed by atoms with Crippen molar-refractivity contribution in [2.75, 3.05) is 84.9 Å². The molecule has 2 amide bonds. The molecule has 194 valence electrons. The minimum absolute atomic E-state index is 0.0619. The quantitative estimate of drug-likeness (QED) is 0.149. The Hall–Kier alpha value is -0.670. The second-order valence-corrected chi connectivity index (χ2v) is 10.9. The summed E-state index contributed by atoms with van der Waals surface area (Å²) in [6.45, 7) is 10.7. The van der Waals surface area contributed by atoms with Crippen molar-refractivity contribution < 1.29 is 38.4 Å². The van der Waals surface area contributed by atoms with Gasteiger partial charge >= 0.3 is 6.09 Å². The van der Waals surface area contributed by atoms with E-state index in [2.05, 4.69) is 10.6 Å². The van der Waals surface area contributed by atoms with Gasteiger partial charge in [-0.05, 0) is 19.6 Å². The van der Waals surface area contributed by atoms with Crippen molar-refractivity contribution in [2.24, 2.45) is 0 Å². The molecule has 0 saturated heterocycles. The molecule has 0 radical (unpaired) electrons. The Morgan fingerprint density at radius 1 is 0.788 bits per heavy atom. The first-order valence-corrected chi connectivity index (χ1v) is 13.0. The predicted octanol–water partition coefficient (Wildman–Crippen LogP) is 2.00. The van der Waals surface area contributed by atoms with Gasteiger partial charge in [0.1, 0.15) is 3.53 Å². The lowest BCUT2D eigenvalue weighted by atomic mass is 10.2. The van der Waals surface area contributed by atoms with Gasteiger partial charge in [-0.25, -0.2) is 4.79 Å². The van der Waals surface area contributed by atoms with Crippen LogP contribution in [0.2, 0.25) is 0 Å². The molecule has 0 aromatic heterocycles. The monoisotopic (exact) mass is 530 g/mol. The van der Waals surface area contributed by atoms with Gasteiger partial charge in [0.25, 0.3) is 0 Å². The SMILES string of the molecule is CCSC(=S)SC(C)(C)C(=O)NCCOCCOCCOCCOCCOCCNC(=O)O. The van der Waals surface area contributed by atoms with E-state index in [0.717, 1.165) is 9.28 Å². The fourth-order valence-electron chi connectivity index (χ4n) is 2.06. The third-order valence-electron chi connectivity index (χ3n) is 3.69. The van der Waals surface area contributed by atoms with Gasteiger partial charge in [0, 0.05) is 13.1 Å². The molecule has 0 spiro atoms. The van der Waals surface area contributed by atoms with E-state index in [1.165, 1.54) is 11.8 Å². The minimum Gasteiger partial charge on any atom is -0.465 e. The molecule has 0 rings (SSSR count). The van der Waals surface area contributed by atoms with Crippen LogP contribution in [-0.4, -0.2) is 110 Å². The Bertz CT molecular complexity index is 541. The van der Waals surface area contributed by atoms with Crippen molar-refractivity contribution in [1.82, 2.24) is 10.6 Å². The van der Waals surface area contributed by atoms with Crippen LogP contribution in [0.3, 0.4) is 0 Å². The fraction of sp³-hybridized carbons (Fsp3) is 0.850. The predicted molar refractivity (Wildman–Crippen MR) is 136 cm³/mol. The van der Waals surface area contributed by atoms with Gasteiger partial charge in [-0.3, -0.25) is 4.79 Å². The Morgan fingerprint density at radius 3 is 1.58 bits per heavy atom. The summed E-state index contributed by atoms with van der Waals surface area (Å²) in [7, 11) is 0. The average molecular weight is 531 g/mol. The van der Waals surface area contributed by atoms with Crippen molar-refractivity contribution in [3.8, 4) is 0 Å². The number of thioether (sulfide) groups is 2. The molecular formula is C20H38N2O8S3. The molecule has 0 atom stereocenters. The number of ether oxygens (including phenoxy) is 5. The van der Waals surface area contributed by atoms with E-state index in [-0.39, 0.29) is 12.5 Å². The Kier molecular flexibility index (Phi) is 21.4. The summed E-state index contributed by atoms with van der Waals surface area (Å²) in [6.07, 6.45) is -1.06. The number of amides is 2. The number of carbonyl (C=O) groups excluding carboxylic acids is 1. The van der Waals surface area contributed by atoms with Crippen molar-refractivity contribution in [3.05, 3.63) is 0 Å². The van der Waals surface area contributed by atoms with Gasteiger partial charge in [-0.2, -0.15) is 0 Å². The maximum atomic E-state index is 12.3. The highest BCUT2D eigenvalue weighted by Gasteiger charge is 2.29. The zero-order valence-electron chi connectivity index (χ0n) is 19.7. The van der Waals surface area contributed by atoms with E-state index < -0.39 is 10.8 Å². The van der Waals surface area contributed by atoms with Crippen LogP contribution < -0.4 is 10.6 Å². The fourth-order valence-corrected chi connectivity index (χ4v) is 5.07. The number of rotatable bonds is 21. The lowest BCUT2D eigenvalue weighted by Crippen LogP contribution is -2.41. The van der Waals surface area contributed by atoms with Crippen LogP contribution in [0.1, 0.15) is 20.8 Å². The van der Waals surface area contributed by atoms with Gasteiger partial charge in [-0.1, -0.05) is 30.9 Å². The second kappa shape index (κ2) is 21.8. The summed E-state index contributed by atoms with van der Waals surface area (Å²) >= 11 is 8.23. The van der Waals surface area contributed by atoms with Gasteiger partial charge in [-0.15, -0.1) is 11.8 Å². The van der Waals surface area contributed by atoms with E-state index in [1.54, 1.807) is 11.8 Å². The number of nitrogens with one attached hydrogen (secondary N) is 2. The zero-order valence-corrected chi connectivity index (χ0v) is 22.2. The van der Waals surface area contributed by atoms with Crippen molar-refractivity contribution >= 4 is 51.3 Å². The smallest absolute Gasteiger partial charge is 0.404 e. The summed E-state index contributed by atoms with van der Waals surface area (Å²) in [5.41, 5.74) is 0. The van der Waals surface area contributed by atoms with Gasteiger partial charge in [0.05, 0.1) is 70.8 Å². The maximum Gasteiger partial charge on any atom is 0.404 e. The van der Waals surface area contributed by atoms with Crippen LogP contribution in [0.5, 0.6) is 0 Å². The molecule has 0 aromatic rings. The standard InChI is InChI=1S/C20H38N2O8S3/c1-4-32-19(31)33-20(2,3)17(23)21-5-7-26-9-11-28-13-15-30-16-14-29-12-10-27-8-6-22-18(24)25/h22H,4-16H2,1-3H3,(H,21,23)(H,24,25). The summed E-state index contributed by atoms with van der Waals surface area (Å²) in [4.78, 5) is 22.5. The molecule has 0 aliphatic heterocycles. The largest absolute Gasteiger partial charge is 0.465 e. The number of hydrogen-bond donors (Lipinski definition) is 3. The summed E-state index contributed by atoms with van der Waals surface area (Å²) in [5.74, 6) is 0.835. The first-order chi connectivity index (χ1) is 15.8. The molecule has 0 unspecified atom stereocenters. The highest BCUT2D eigenvalue weighted by atomic mass is 32.2. The summed E-state index contributed by atoms with van der Waals surface area (Å²) < 4.78 is 26.9. The van der Waals surface area contributed by atoms with Crippen LogP contribution in [0.15, 0.2) is 0 Å². The molecule has 0 bridgehead atoms. The Labute approximate surface area is 210 Å². The summed E-state index contributed by atoms with van der Waals surface area (Å²) in [6, 6.07) is 0. The van der Waals surface area contributed by atoms with Crippen LogP contribution in [0, 0.1) is 0 Å². The average Bonchev–Trinajstić information content (AvgIpc) is 2.74. The van der Waals surface area contributed by atoms with Crippen LogP contribution in [0.4, 0.5) is 4.79 Å². The molecule has 0 aliphatic rings. The van der Waals surface area contributed by atoms with Crippen molar-refractivity contribution in [1.29, 1.82) is 0 Å². The van der Waals surface area contributed by atoms with E-state index in [9.17, 15) is 9.59 Å². The molecule has 0 heterocycles. The van der Waals surface area contributed by atoms with Gasteiger partial charge in [0.15, 0.2) is 0 Å². The topological polar surface area (TPSA) is 125 Å². The van der Waals surface area contributed by atoms with E-state index in [1.807, 2.05) is 20.8 Å². The van der Waals surface area contributed by atoms with Crippen LogP contribution in [0.25, 0.3) is 0 Å². The molecule has 10 nitrogen and oxygen atoms in total. The highest BCUT2D eigenvalue weighted by Crippen LogP contribution is 2.30. The molecular weight excluding hydrogens is 492 g/mol. The Balaban J connectivity index is 3.36. The van der Waals surface area contributed by atoms with E-state index in [0.29, 0.717) is 72.6 Å². The van der Waals surface area contributed by atoms with Gasteiger partial charge < -0.3 is 39.4 Å². The van der Waals surface area contributed by atoms with Crippen molar-refractivity contribution in [3.63, 3.8) is 0 Å². The normalized spacial score (nSPS) is 11.4. The molecule has 0 aromatic carbocycles. The Morgan fingerprint density at radius 2 is 1.18 bits per heavy atom. The lowest BCUT2D eigenvalue weighted by Gasteiger charge is -2.22. The third kappa shape index (κ3) is 21.6. The zero-order chi connectivity index (χ0) is 24.8. The molecule has 3 N–H and O–H groups in total. The summed E-state index contributed by atoms with van der Waals surface area (Å²) in [5, 5.41) is 13.5. The van der Waals surface area contributed by atoms with E-state index >= 15 is 0 Å². The molecule has 13 heteroatoms.